The van der Waals surface area contributed by atoms with Crippen LogP contribution in [0.2, 0.25) is 5.02 Å². The van der Waals surface area contributed by atoms with Crippen LogP contribution < -0.4 is 11.1 Å². The number of morpholine rings is 1. The number of nitrogen functional groups attached to an aromatic ring is 1. The molecule has 2 aliphatic heterocycles. The van der Waals surface area contributed by atoms with Crippen LogP contribution >= 0.6 is 11.6 Å². The van der Waals surface area contributed by atoms with Crippen LogP contribution in [0.15, 0.2) is 24.4 Å². The molecule has 2 aliphatic rings. The van der Waals surface area contributed by atoms with Gasteiger partial charge in [-0.05, 0) is 37.0 Å². The molecule has 10 heteroatoms. The second-order valence-electron chi connectivity index (χ2n) is 8.20. The van der Waals surface area contributed by atoms with Gasteiger partial charge >= 0.3 is 0 Å². The van der Waals surface area contributed by atoms with E-state index in [9.17, 15) is 9.18 Å². The number of imidazole rings is 1. The summed E-state index contributed by atoms with van der Waals surface area (Å²) in [6.45, 7) is 3.05. The van der Waals surface area contributed by atoms with Gasteiger partial charge in [-0.1, -0.05) is 11.6 Å². The van der Waals surface area contributed by atoms with E-state index in [4.69, 9.17) is 22.1 Å². The minimum atomic E-state index is -0.370. The van der Waals surface area contributed by atoms with E-state index in [0.29, 0.717) is 77.9 Å². The van der Waals surface area contributed by atoms with E-state index in [1.54, 1.807) is 23.1 Å². The second-order valence-corrected chi connectivity index (χ2v) is 8.64. The van der Waals surface area contributed by atoms with Crippen LogP contribution in [0.4, 0.5) is 10.1 Å². The van der Waals surface area contributed by atoms with E-state index < -0.39 is 0 Å². The molecular weight excluding hydrogens is 435 g/mol. The smallest absolute Gasteiger partial charge is 0.255 e. The highest BCUT2D eigenvalue weighted by Crippen LogP contribution is 2.35. The lowest BCUT2D eigenvalue weighted by Crippen LogP contribution is -2.38. The number of benzene rings is 1. The average Bonchev–Trinajstić information content (AvgIpc) is 3.24. The number of fused-ring (bicyclic) bond motifs is 1. The van der Waals surface area contributed by atoms with E-state index in [-0.39, 0.29) is 23.7 Å². The molecule has 1 unspecified atom stereocenters. The van der Waals surface area contributed by atoms with Crippen molar-refractivity contribution in [2.45, 2.75) is 24.9 Å². The molecule has 3 aromatic rings. The molecular formula is C22H24ClFN6O2. The van der Waals surface area contributed by atoms with Gasteiger partial charge in [-0.25, -0.2) is 14.4 Å². The molecule has 1 aromatic carbocycles. The Hall–Kier alpha value is -2.75. The largest absolute Gasteiger partial charge is 0.398 e. The Morgan fingerprint density at radius 3 is 2.84 bits per heavy atom. The highest BCUT2D eigenvalue weighted by atomic mass is 35.5. The van der Waals surface area contributed by atoms with Crippen molar-refractivity contribution in [2.24, 2.45) is 0 Å². The number of piperidine rings is 1. The summed E-state index contributed by atoms with van der Waals surface area (Å²) in [5.41, 5.74) is 8.42. The zero-order valence-corrected chi connectivity index (χ0v) is 18.2. The van der Waals surface area contributed by atoms with Gasteiger partial charge in [0.25, 0.3) is 5.91 Å². The number of halogens is 2. The van der Waals surface area contributed by atoms with Crippen molar-refractivity contribution in [3.63, 3.8) is 0 Å². The maximum atomic E-state index is 14.9. The van der Waals surface area contributed by atoms with Gasteiger partial charge in [-0.3, -0.25) is 4.79 Å². The van der Waals surface area contributed by atoms with E-state index in [1.807, 2.05) is 0 Å². The monoisotopic (exact) mass is 458 g/mol. The van der Waals surface area contributed by atoms with Crippen LogP contribution in [0, 0.1) is 5.82 Å². The SMILES string of the molecule is Nc1cc(Cl)ccc1C(=O)N1CCC(c2c(F)cnc3[nH]c(C4CNCCO4)nc23)CC1. The summed E-state index contributed by atoms with van der Waals surface area (Å²) < 4.78 is 20.7. The van der Waals surface area contributed by atoms with Gasteiger partial charge in [-0.15, -0.1) is 0 Å². The number of rotatable bonds is 3. The Kier molecular flexibility index (Phi) is 5.71. The van der Waals surface area contributed by atoms with E-state index in [0.717, 1.165) is 6.54 Å². The topological polar surface area (TPSA) is 109 Å². The van der Waals surface area contributed by atoms with E-state index in [2.05, 4.69) is 20.3 Å². The van der Waals surface area contributed by atoms with Gasteiger partial charge in [0, 0.05) is 42.5 Å². The molecule has 2 saturated heterocycles. The first-order valence-electron chi connectivity index (χ1n) is 10.7. The van der Waals surface area contributed by atoms with Crippen molar-refractivity contribution in [1.82, 2.24) is 25.2 Å². The molecule has 0 bridgehead atoms. The number of aromatic nitrogens is 3. The zero-order chi connectivity index (χ0) is 22.2. The number of pyridine rings is 1. The van der Waals surface area contributed by atoms with Crippen molar-refractivity contribution in [3.8, 4) is 0 Å². The third kappa shape index (κ3) is 3.92. The summed E-state index contributed by atoms with van der Waals surface area (Å²) in [4.78, 5) is 26.7. The highest BCUT2D eigenvalue weighted by molar-refractivity contribution is 6.31. The molecule has 0 spiro atoms. The van der Waals surface area contributed by atoms with Crippen molar-refractivity contribution in [1.29, 1.82) is 0 Å². The molecule has 1 atom stereocenters. The molecule has 2 aromatic heterocycles. The predicted octanol–water partition coefficient (Wildman–Crippen LogP) is 3.01. The molecule has 4 N–H and O–H groups in total. The summed E-state index contributed by atoms with van der Waals surface area (Å²) in [6, 6.07) is 4.87. The van der Waals surface area contributed by atoms with Gasteiger partial charge in [0.15, 0.2) is 5.65 Å². The molecule has 8 nitrogen and oxygen atoms in total. The van der Waals surface area contributed by atoms with Crippen LogP contribution in [0.25, 0.3) is 11.2 Å². The quantitative estimate of drug-likeness (QED) is 0.520. The summed E-state index contributed by atoms with van der Waals surface area (Å²) in [6.07, 6.45) is 2.28. The Balaban J connectivity index is 1.36. The number of nitrogens with zero attached hydrogens (tertiary/aromatic N) is 3. The highest BCUT2D eigenvalue weighted by Gasteiger charge is 2.30. The molecule has 168 valence electrons. The molecule has 0 saturated carbocycles. The first-order chi connectivity index (χ1) is 15.5. The standard InChI is InChI=1S/C22H24ClFN6O2/c23-13-1-2-14(16(25)9-13)22(31)30-6-3-12(4-7-30)18-15(24)10-27-21-19(18)28-20(29-21)17-11-26-5-8-32-17/h1-2,9-10,12,17,26H,3-8,11,25H2,(H,27,28,29). The van der Waals surface area contributed by atoms with Crippen LogP contribution in [-0.2, 0) is 4.74 Å². The number of aromatic amines is 1. The van der Waals surface area contributed by atoms with Gasteiger partial charge in [0.05, 0.1) is 18.4 Å². The lowest BCUT2D eigenvalue weighted by molar-refractivity contribution is 0.0228. The third-order valence-electron chi connectivity index (χ3n) is 6.19. The number of likely N-dealkylation sites (tertiary alicyclic amines) is 1. The third-order valence-corrected chi connectivity index (χ3v) is 6.42. The molecule has 0 radical (unpaired) electrons. The average molecular weight is 459 g/mol. The number of amides is 1. The molecule has 32 heavy (non-hydrogen) atoms. The number of carbonyl (C=O) groups excluding carboxylic acids is 1. The zero-order valence-electron chi connectivity index (χ0n) is 17.4. The number of nitrogens with one attached hydrogen (secondary N) is 2. The first kappa shape index (κ1) is 21.1. The van der Waals surface area contributed by atoms with E-state index >= 15 is 0 Å². The molecule has 1 amide bonds. The maximum Gasteiger partial charge on any atom is 0.255 e. The van der Waals surface area contributed by atoms with Gasteiger partial charge < -0.3 is 25.7 Å². The normalized spacial score (nSPS) is 20.1. The first-order valence-corrected chi connectivity index (χ1v) is 11.1. The van der Waals surface area contributed by atoms with Crippen LogP contribution in [0.5, 0.6) is 0 Å². The van der Waals surface area contributed by atoms with Gasteiger partial charge in [0.2, 0.25) is 0 Å². The molecule has 0 aliphatic carbocycles. The lowest BCUT2D eigenvalue weighted by atomic mass is 9.88. The Bertz CT molecular complexity index is 1150. The number of nitrogens with two attached hydrogens (primary N) is 1. The maximum absolute atomic E-state index is 14.9. The van der Waals surface area contributed by atoms with Crippen LogP contribution in [0.1, 0.15) is 46.6 Å². The number of carbonyl (C=O) groups is 1. The fraction of sp³-hybridized carbons (Fsp3) is 0.409. The van der Waals surface area contributed by atoms with Gasteiger partial charge in [0.1, 0.15) is 23.3 Å². The van der Waals surface area contributed by atoms with Crippen LogP contribution in [-0.4, -0.2) is 58.5 Å². The number of hydrogen-bond donors (Lipinski definition) is 3. The minimum absolute atomic E-state index is 0.0614. The summed E-state index contributed by atoms with van der Waals surface area (Å²) in [7, 11) is 0. The van der Waals surface area contributed by atoms with Crippen molar-refractivity contribution in [3.05, 3.63) is 52.2 Å². The Labute approximate surface area is 189 Å². The lowest BCUT2D eigenvalue weighted by Gasteiger charge is -2.32. The fourth-order valence-corrected chi connectivity index (χ4v) is 4.70. The molecule has 5 rings (SSSR count). The van der Waals surface area contributed by atoms with Crippen molar-refractivity contribution < 1.29 is 13.9 Å². The van der Waals surface area contributed by atoms with E-state index in [1.165, 1.54) is 6.20 Å². The summed E-state index contributed by atoms with van der Waals surface area (Å²) in [5.74, 6) is 0.0815. The number of anilines is 1. The Morgan fingerprint density at radius 1 is 1.31 bits per heavy atom. The summed E-state index contributed by atoms with van der Waals surface area (Å²) >= 11 is 5.94. The number of H-pyrrole nitrogens is 1. The second kappa shape index (κ2) is 8.65. The van der Waals surface area contributed by atoms with Crippen molar-refractivity contribution >= 4 is 34.4 Å². The Morgan fingerprint density at radius 2 is 2.12 bits per heavy atom. The number of hydrogen-bond acceptors (Lipinski definition) is 6. The minimum Gasteiger partial charge on any atom is -0.398 e. The van der Waals surface area contributed by atoms with Crippen molar-refractivity contribution in [2.75, 3.05) is 38.5 Å². The van der Waals surface area contributed by atoms with Crippen LogP contribution in [0.3, 0.4) is 0 Å². The number of ether oxygens (including phenoxy) is 1. The molecule has 2 fully saturated rings. The predicted molar refractivity (Wildman–Crippen MR) is 119 cm³/mol. The van der Waals surface area contributed by atoms with Gasteiger partial charge in [-0.2, -0.15) is 0 Å². The fourth-order valence-electron chi connectivity index (χ4n) is 4.52. The molecule has 4 heterocycles. The summed E-state index contributed by atoms with van der Waals surface area (Å²) in [5, 5.41) is 3.76.